The minimum atomic E-state index is 0.370. The fourth-order valence-corrected chi connectivity index (χ4v) is 2.01. The first-order valence-electron chi connectivity index (χ1n) is 5.03. The summed E-state index contributed by atoms with van der Waals surface area (Å²) in [7, 11) is 0. The Morgan fingerprint density at radius 3 is 2.80 bits per heavy atom. The minimum Gasteiger partial charge on any atom is -0.304 e. The van der Waals surface area contributed by atoms with Gasteiger partial charge in [0.25, 0.3) is 0 Å². The van der Waals surface area contributed by atoms with Gasteiger partial charge in [-0.15, -0.1) is 11.3 Å². The number of aromatic nitrogens is 1. The second kappa shape index (κ2) is 5.05. The molecule has 1 N–H and O–H groups in total. The SMILES string of the molecule is CC(NCc1nccs1)c1ccccc1. The van der Waals surface area contributed by atoms with E-state index in [4.69, 9.17) is 0 Å². The molecule has 0 aliphatic carbocycles. The van der Waals surface area contributed by atoms with Gasteiger partial charge in [0.1, 0.15) is 5.01 Å². The van der Waals surface area contributed by atoms with E-state index >= 15 is 0 Å². The van der Waals surface area contributed by atoms with Crippen molar-refractivity contribution < 1.29 is 0 Å². The molecule has 0 spiro atoms. The molecular formula is C12H14N2S. The van der Waals surface area contributed by atoms with E-state index in [9.17, 15) is 0 Å². The molecule has 0 aliphatic heterocycles. The van der Waals surface area contributed by atoms with Crippen molar-refractivity contribution in [1.82, 2.24) is 10.3 Å². The summed E-state index contributed by atoms with van der Waals surface area (Å²) in [5.41, 5.74) is 1.31. The van der Waals surface area contributed by atoms with Gasteiger partial charge >= 0.3 is 0 Å². The molecule has 0 fully saturated rings. The molecule has 0 amide bonds. The van der Waals surface area contributed by atoms with Crippen molar-refractivity contribution in [3.63, 3.8) is 0 Å². The average molecular weight is 218 g/mol. The van der Waals surface area contributed by atoms with Crippen molar-refractivity contribution >= 4 is 11.3 Å². The van der Waals surface area contributed by atoms with Gasteiger partial charge in [0, 0.05) is 24.2 Å². The van der Waals surface area contributed by atoms with Crippen molar-refractivity contribution in [1.29, 1.82) is 0 Å². The molecule has 1 unspecified atom stereocenters. The highest BCUT2D eigenvalue weighted by atomic mass is 32.1. The van der Waals surface area contributed by atoms with Crippen LogP contribution >= 0.6 is 11.3 Å². The fraction of sp³-hybridized carbons (Fsp3) is 0.250. The molecule has 78 valence electrons. The van der Waals surface area contributed by atoms with Gasteiger partial charge in [-0.2, -0.15) is 0 Å². The van der Waals surface area contributed by atoms with Crippen LogP contribution in [0.2, 0.25) is 0 Å². The van der Waals surface area contributed by atoms with Crippen LogP contribution in [-0.4, -0.2) is 4.98 Å². The molecule has 0 radical (unpaired) electrons. The Hall–Kier alpha value is -1.19. The summed E-state index contributed by atoms with van der Waals surface area (Å²) in [6.07, 6.45) is 1.84. The Kier molecular flexibility index (Phi) is 3.48. The van der Waals surface area contributed by atoms with Crippen LogP contribution in [0.4, 0.5) is 0 Å². The molecule has 2 rings (SSSR count). The Labute approximate surface area is 94.0 Å². The smallest absolute Gasteiger partial charge is 0.106 e. The second-order valence-corrected chi connectivity index (χ2v) is 4.42. The van der Waals surface area contributed by atoms with E-state index in [1.165, 1.54) is 5.56 Å². The van der Waals surface area contributed by atoms with Crippen molar-refractivity contribution in [2.45, 2.75) is 19.5 Å². The van der Waals surface area contributed by atoms with Gasteiger partial charge in [-0.25, -0.2) is 4.98 Å². The number of hydrogen-bond donors (Lipinski definition) is 1. The van der Waals surface area contributed by atoms with Gasteiger partial charge < -0.3 is 5.32 Å². The van der Waals surface area contributed by atoms with Crippen LogP contribution in [0.25, 0.3) is 0 Å². The Balaban J connectivity index is 1.90. The fourth-order valence-electron chi connectivity index (χ4n) is 1.44. The quantitative estimate of drug-likeness (QED) is 0.853. The van der Waals surface area contributed by atoms with Crippen molar-refractivity contribution in [3.05, 3.63) is 52.5 Å². The van der Waals surface area contributed by atoms with Crippen LogP contribution in [0.5, 0.6) is 0 Å². The molecule has 0 saturated carbocycles. The lowest BCUT2D eigenvalue weighted by atomic mass is 10.1. The van der Waals surface area contributed by atoms with Gasteiger partial charge in [0.05, 0.1) is 0 Å². The number of benzene rings is 1. The Morgan fingerprint density at radius 2 is 2.13 bits per heavy atom. The molecule has 1 aromatic carbocycles. The van der Waals surface area contributed by atoms with E-state index in [2.05, 4.69) is 41.5 Å². The maximum absolute atomic E-state index is 4.24. The Morgan fingerprint density at radius 1 is 1.33 bits per heavy atom. The molecule has 2 nitrogen and oxygen atoms in total. The predicted molar refractivity (Wildman–Crippen MR) is 63.8 cm³/mol. The molecule has 0 bridgehead atoms. The highest BCUT2D eigenvalue weighted by Gasteiger charge is 2.04. The number of thiazole rings is 1. The summed E-state index contributed by atoms with van der Waals surface area (Å²) in [6.45, 7) is 3.01. The number of rotatable bonds is 4. The first-order chi connectivity index (χ1) is 7.36. The minimum absolute atomic E-state index is 0.370. The highest BCUT2D eigenvalue weighted by molar-refractivity contribution is 7.09. The lowest BCUT2D eigenvalue weighted by molar-refractivity contribution is 0.573. The van der Waals surface area contributed by atoms with Gasteiger partial charge in [-0.1, -0.05) is 30.3 Å². The summed E-state index contributed by atoms with van der Waals surface area (Å²) in [4.78, 5) is 4.24. The summed E-state index contributed by atoms with van der Waals surface area (Å²) < 4.78 is 0. The first kappa shape index (κ1) is 10.3. The van der Waals surface area contributed by atoms with Crippen LogP contribution in [0.1, 0.15) is 23.5 Å². The number of hydrogen-bond acceptors (Lipinski definition) is 3. The standard InChI is InChI=1S/C12H14N2S/c1-10(11-5-3-2-4-6-11)14-9-12-13-7-8-15-12/h2-8,10,14H,9H2,1H3. The third-order valence-corrected chi connectivity index (χ3v) is 3.12. The Bertz CT molecular complexity index is 383. The normalized spacial score (nSPS) is 12.6. The monoisotopic (exact) mass is 218 g/mol. The van der Waals surface area contributed by atoms with Gasteiger partial charge in [0.2, 0.25) is 0 Å². The van der Waals surface area contributed by atoms with E-state index in [0.717, 1.165) is 11.6 Å². The van der Waals surface area contributed by atoms with Crippen molar-refractivity contribution in [3.8, 4) is 0 Å². The van der Waals surface area contributed by atoms with E-state index in [-0.39, 0.29) is 0 Å². The molecule has 0 aliphatic rings. The molecule has 0 saturated heterocycles. The maximum Gasteiger partial charge on any atom is 0.106 e. The van der Waals surface area contributed by atoms with Crippen LogP contribution < -0.4 is 5.32 Å². The van der Waals surface area contributed by atoms with E-state index in [1.54, 1.807) is 11.3 Å². The molecule has 1 aromatic heterocycles. The van der Waals surface area contributed by atoms with Gasteiger partial charge in [-0.3, -0.25) is 0 Å². The van der Waals surface area contributed by atoms with Crippen LogP contribution in [0.15, 0.2) is 41.9 Å². The molecule has 3 heteroatoms. The van der Waals surface area contributed by atoms with Crippen molar-refractivity contribution in [2.75, 3.05) is 0 Å². The zero-order chi connectivity index (χ0) is 10.5. The average Bonchev–Trinajstić information content (AvgIpc) is 2.80. The van der Waals surface area contributed by atoms with Gasteiger partial charge in [0.15, 0.2) is 0 Å². The van der Waals surface area contributed by atoms with E-state index in [1.807, 2.05) is 17.6 Å². The third-order valence-electron chi connectivity index (χ3n) is 2.34. The lowest BCUT2D eigenvalue weighted by Gasteiger charge is -2.12. The van der Waals surface area contributed by atoms with Crippen molar-refractivity contribution in [2.24, 2.45) is 0 Å². The second-order valence-electron chi connectivity index (χ2n) is 3.44. The van der Waals surface area contributed by atoms with Crippen LogP contribution in [-0.2, 0) is 6.54 Å². The summed E-state index contributed by atoms with van der Waals surface area (Å²) >= 11 is 1.69. The predicted octanol–water partition coefficient (Wildman–Crippen LogP) is 2.99. The molecular weight excluding hydrogens is 204 g/mol. The molecule has 1 atom stereocenters. The number of nitrogens with one attached hydrogen (secondary N) is 1. The highest BCUT2D eigenvalue weighted by Crippen LogP contribution is 2.12. The third kappa shape index (κ3) is 2.88. The topological polar surface area (TPSA) is 24.9 Å². The molecule has 15 heavy (non-hydrogen) atoms. The summed E-state index contributed by atoms with van der Waals surface area (Å²) in [5.74, 6) is 0. The van der Waals surface area contributed by atoms with Crippen LogP contribution in [0.3, 0.4) is 0 Å². The van der Waals surface area contributed by atoms with E-state index in [0.29, 0.717) is 6.04 Å². The zero-order valence-corrected chi connectivity index (χ0v) is 9.50. The lowest BCUT2D eigenvalue weighted by Crippen LogP contribution is -2.17. The number of nitrogens with zero attached hydrogens (tertiary/aromatic N) is 1. The largest absolute Gasteiger partial charge is 0.304 e. The molecule has 2 aromatic rings. The van der Waals surface area contributed by atoms with E-state index < -0.39 is 0 Å². The summed E-state index contributed by atoms with van der Waals surface area (Å²) in [5, 5.41) is 6.59. The zero-order valence-electron chi connectivity index (χ0n) is 8.68. The first-order valence-corrected chi connectivity index (χ1v) is 5.91. The van der Waals surface area contributed by atoms with Gasteiger partial charge in [-0.05, 0) is 12.5 Å². The van der Waals surface area contributed by atoms with Crippen LogP contribution in [0, 0.1) is 0 Å². The maximum atomic E-state index is 4.24. The summed E-state index contributed by atoms with van der Waals surface area (Å²) in [6, 6.07) is 10.8. The molecule has 1 heterocycles.